The summed E-state index contributed by atoms with van der Waals surface area (Å²) in [6.45, 7) is 9.95. The number of carbonyl (C=O) groups is 3. The van der Waals surface area contributed by atoms with Crippen LogP contribution in [0.25, 0.3) is 0 Å². The highest BCUT2D eigenvalue weighted by atomic mass is 16.2. The molecule has 0 spiro atoms. The van der Waals surface area contributed by atoms with E-state index in [4.69, 9.17) is 0 Å². The van der Waals surface area contributed by atoms with Crippen LogP contribution < -0.4 is 16.0 Å². The summed E-state index contributed by atoms with van der Waals surface area (Å²) < 4.78 is 0. The van der Waals surface area contributed by atoms with Crippen LogP contribution in [0.4, 0.5) is 4.79 Å². The standard InChI is InChI=1S/C13H24N4O3/c1-5-7-14-13(20)16-12(19)9-17(6-2)8-11(18)15-10(3)4/h5,10H,1,6-9H2,2-4H3,(H,15,18)(H2,14,16,19,20). The van der Waals surface area contributed by atoms with E-state index in [-0.39, 0.29) is 31.6 Å². The largest absolute Gasteiger partial charge is 0.353 e. The Kier molecular flexibility index (Phi) is 9.02. The lowest BCUT2D eigenvalue weighted by molar-refractivity contribution is -0.124. The molecule has 0 aliphatic rings. The lowest BCUT2D eigenvalue weighted by atomic mass is 10.3. The molecule has 114 valence electrons. The second-order valence-electron chi connectivity index (χ2n) is 4.57. The Morgan fingerprint density at radius 2 is 1.80 bits per heavy atom. The molecule has 0 aromatic rings. The number of amides is 4. The first kappa shape index (κ1) is 18.1. The number of rotatable bonds is 8. The van der Waals surface area contributed by atoms with E-state index in [0.717, 1.165) is 0 Å². The summed E-state index contributed by atoms with van der Waals surface area (Å²) in [5.41, 5.74) is 0. The van der Waals surface area contributed by atoms with E-state index < -0.39 is 11.9 Å². The third kappa shape index (κ3) is 9.09. The van der Waals surface area contributed by atoms with Gasteiger partial charge in [0.1, 0.15) is 0 Å². The van der Waals surface area contributed by atoms with E-state index in [1.807, 2.05) is 20.8 Å². The lowest BCUT2D eigenvalue weighted by Crippen LogP contribution is -2.47. The monoisotopic (exact) mass is 284 g/mol. The molecule has 3 N–H and O–H groups in total. The second kappa shape index (κ2) is 9.96. The molecule has 7 heteroatoms. The lowest BCUT2D eigenvalue weighted by Gasteiger charge is -2.19. The van der Waals surface area contributed by atoms with Crippen molar-refractivity contribution in [3.8, 4) is 0 Å². The zero-order valence-corrected chi connectivity index (χ0v) is 12.4. The number of urea groups is 1. The Morgan fingerprint density at radius 1 is 1.20 bits per heavy atom. The van der Waals surface area contributed by atoms with Crippen LogP contribution in [0.1, 0.15) is 20.8 Å². The number of likely N-dealkylation sites (N-methyl/N-ethyl adjacent to an activating group) is 1. The van der Waals surface area contributed by atoms with E-state index in [1.165, 1.54) is 6.08 Å². The van der Waals surface area contributed by atoms with Crippen LogP contribution in [0.15, 0.2) is 12.7 Å². The normalized spacial score (nSPS) is 10.2. The number of carbonyl (C=O) groups excluding carboxylic acids is 3. The summed E-state index contributed by atoms with van der Waals surface area (Å²) in [6.07, 6.45) is 1.51. The van der Waals surface area contributed by atoms with Crippen LogP contribution in [-0.2, 0) is 9.59 Å². The Hall–Kier alpha value is -1.89. The van der Waals surface area contributed by atoms with Crippen molar-refractivity contribution < 1.29 is 14.4 Å². The van der Waals surface area contributed by atoms with Crippen molar-refractivity contribution in [3.63, 3.8) is 0 Å². The van der Waals surface area contributed by atoms with Gasteiger partial charge < -0.3 is 10.6 Å². The minimum absolute atomic E-state index is 0.0104. The van der Waals surface area contributed by atoms with Crippen LogP contribution in [0.3, 0.4) is 0 Å². The first-order chi connectivity index (χ1) is 9.38. The molecule has 0 bridgehead atoms. The molecule has 0 fully saturated rings. The van der Waals surface area contributed by atoms with Gasteiger partial charge >= 0.3 is 6.03 Å². The Labute approximate surface area is 119 Å². The van der Waals surface area contributed by atoms with Crippen LogP contribution in [0, 0.1) is 0 Å². The number of hydrogen-bond acceptors (Lipinski definition) is 4. The molecular formula is C13H24N4O3. The molecule has 0 aliphatic carbocycles. The average Bonchev–Trinajstić information content (AvgIpc) is 2.34. The molecule has 0 aromatic heterocycles. The van der Waals surface area contributed by atoms with Crippen molar-refractivity contribution in [1.29, 1.82) is 0 Å². The van der Waals surface area contributed by atoms with E-state index in [2.05, 4.69) is 22.5 Å². The Balaban J connectivity index is 4.15. The van der Waals surface area contributed by atoms with E-state index in [0.29, 0.717) is 6.54 Å². The summed E-state index contributed by atoms with van der Waals surface area (Å²) in [5, 5.41) is 7.36. The van der Waals surface area contributed by atoms with Crippen LogP contribution in [0.5, 0.6) is 0 Å². The number of nitrogens with one attached hydrogen (secondary N) is 3. The summed E-state index contributed by atoms with van der Waals surface area (Å²) in [6, 6.07) is -0.516. The molecule has 20 heavy (non-hydrogen) atoms. The zero-order valence-electron chi connectivity index (χ0n) is 12.4. The molecule has 0 unspecified atom stereocenters. The quantitative estimate of drug-likeness (QED) is 0.540. The average molecular weight is 284 g/mol. The van der Waals surface area contributed by atoms with Crippen molar-refractivity contribution >= 4 is 17.8 Å². The van der Waals surface area contributed by atoms with Crippen molar-refractivity contribution in [3.05, 3.63) is 12.7 Å². The molecule has 7 nitrogen and oxygen atoms in total. The predicted molar refractivity (Wildman–Crippen MR) is 77.1 cm³/mol. The zero-order chi connectivity index (χ0) is 15.5. The van der Waals surface area contributed by atoms with Gasteiger partial charge in [-0.25, -0.2) is 4.79 Å². The number of imide groups is 1. The molecule has 0 radical (unpaired) electrons. The number of nitrogens with zero attached hydrogens (tertiary/aromatic N) is 1. The van der Waals surface area contributed by atoms with Gasteiger partial charge in [-0.3, -0.25) is 19.8 Å². The molecule has 0 atom stereocenters. The summed E-state index contributed by atoms with van der Waals surface area (Å²) in [7, 11) is 0. The van der Waals surface area contributed by atoms with E-state index in [1.54, 1.807) is 4.90 Å². The highest BCUT2D eigenvalue weighted by Crippen LogP contribution is 1.89. The van der Waals surface area contributed by atoms with Gasteiger partial charge in [-0.15, -0.1) is 6.58 Å². The van der Waals surface area contributed by atoms with Crippen molar-refractivity contribution in [2.45, 2.75) is 26.8 Å². The molecule has 0 rings (SSSR count). The topological polar surface area (TPSA) is 90.5 Å². The maximum Gasteiger partial charge on any atom is 0.321 e. The van der Waals surface area contributed by atoms with Gasteiger partial charge in [0.25, 0.3) is 0 Å². The summed E-state index contributed by atoms with van der Waals surface area (Å²) in [5.74, 6) is -0.600. The maximum atomic E-state index is 11.6. The highest BCUT2D eigenvalue weighted by molar-refractivity contribution is 5.95. The minimum atomic E-state index is -0.572. The third-order valence-electron chi connectivity index (χ3n) is 2.29. The first-order valence-corrected chi connectivity index (χ1v) is 6.59. The van der Waals surface area contributed by atoms with Crippen molar-refractivity contribution in [1.82, 2.24) is 20.9 Å². The highest BCUT2D eigenvalue weighted by Gasteiger charge is 2.15. The van der Waals surface area contributed by atoms with Gasteiger partial charge in [0, 0.05) is 12.6 Å². The van der Waals surface area contributed by atoms with Gasteiger partial charge in [-0.2, -0.15) is 0 Å². The predicted octanol–water partition coefficient (Wildman–Crippen LogP) is -0.155. The summed E-state index contributed by atoms with van der Waals surface area (Å²) in [4.78, 5) is 36.1. The molecule has 4 amide bonds. The minimum Gasteiger partial charge on any atom is -0.353 e. The summed E-state index contributed by atoms with van der Waals surface area (Å²) >= 11 is 0. The van der Waals surface area contributed by atoms with Gasteiger partial charge in [0.05, 0.1) is 13.1 Å². The van der Waals surface area contributed by atoms with Crippen molar-refractivity contribution in [2.24, 2.45) is 0 Å². The maximum absolute atomic E-state index is 11.6. The van der Waals surface area contributed by atoms with Crippen LogP contribution >= 0.6 is 0 Å². The third-order valence-corrected chi connectivity index (χ3v) is 2.29. The SMILES string of the molecule is C=CCNC(=O)NC(=O)CN(CC)CC(=O)NC(C)C. The molecule has 0 aromatic carbocycles. The Bertz CT molecular complexity index is 356. The molecule has 0 aliphatic heterocycles. The van der Waals surface area contributed by atoms with Gasteiger partial charge in [-0.05, 0) is 20.4 Å². The molecule has 0 saturated carbocycles. The fourth-order valence-corrected chi connectivity index (χ4v) is 1.43. The van der Waals surface area contributed by atoms with Crippen molar-refractivity contribution in [2.75, 3.05) is 26.2 Å². The van der Waals surface area contributed by atoms with E-state index >= 15 is 0 Å². The van der Waals surface area contributed by atoms with E-state index in [9.17, 15) is 14.4 Å². The number of hydrogen-bond donors (Lipinski definition) is 3. The molecule has 0 saturated heterocycles. The first-order valence-electron chi connectivity index (χ1n) is 6.59. The van der Waals surface area contributed by atoms with Gasteiger partial charge in [-0.1, -0.05) is 13.0 Å². The fourth-order valence-electron chi connectivity index (χ4n) is 1.43. The van der Waals surface area contributed by atoms with Gasteiger partial charge in [0.2, 0.25) is 11.8 Å². The van der Waals surface area contributed by atoms with Gasteiger partial charge in [0.15, 0.2) is 0 Å². The van der Waals surface area contributed by atoms with Crippen LogP contribution in [-0.4, -0.2) is 55.0 Å². The Morgan fingerprint density at radius 3 is 2.30 bits per heavy atom. The smallest absolute Gasteiger partial charge is 0.321 e. The fraction of sp³-hybridized carbons (Fsp3) is 0.615. The molecule has 0 heterocycles. The van der Waals surface area contributed by atoms with Crippen LogP contribution in [0.2, 0.25) is 0 Å². The second-order valence-corrected chi connectivity index (χ2v) is 4.57. The molecular weight excluding hydrogens is 260 g/mol.